The molecule has 0 aromatic carbocycles. The summed E-state index contributed by atoms with van der Waals surface area (Å²) in [6.45, 7) is 2.29. The summed E-state index contributed by atoms with van der Waals surface area (Å²) >= 11 is 0. The SMILES string of the molecule is CCCC1(C2CCCCC2)CCC(C(=O)O)CC1. The summed E-state index contributed by atoms with van der Waals surface area (Å²) < 4.78 is 0. The van der Waals surface area contributed by atoms with E-state index in [0.29, 0.717) is 5.41 Å². The first-order valence-electron chi connectivity index (χ1n) is 7.91. The normalized spacial score (nSPS) is 34.4. The molecule has 2 nitrogen and oxygen atoms in total. The van der Waals surface area contributed by atoms with Crippen LogP contribution in [0.2, 0.25) is 0 Å². The van der Waals surface area contributed by atoms with Crippen molar-refractivity contribution in [3.8, 4) is 0 Å². The molecule has 0 aliphatic heterocycles. The van der Waals surface area contributed by atoms with E-state index in [1.54, 1.807) is 0 Å². The average Bonchev–Trinajstić information content (AvgIpc) is 2.40. The van der Waals surface area contributed by atoms with Gasteiger partial charge in [-0.05, 0) is 56.3 Å². The summed E-state index contributed by atoms with van der Waals surface area (Å²) in [4.78, 5) is 11.1. The van der Waals surface area contributed by atoms with Crippen molar-refractivity contribution in [3.05, 3.63) is 0 Å². The van der Waals surface area contributed by atoms with Crippen LogP contribution in [0.15, 0.2) is 0 Å². The van der Waals surface area contributed by atoms with Gasteiger partial charge in [-0.2, -0.15) is 0 Å². The molecule has 2 heteroatoms. The number of carboxylic acids is 1. The third-order valence-electron chi connectivity index (χ3n) is 5.55. The first-order valence-corrected chi connectivity index (χ1v) is 7.91. The van der Waals surface area contributed by atoms with Crippen LogP contribution in [-0.4, -0.2) is 11.1 Å². The molecule has 0 amide bonds. The Hall–Kier alpha value is -0.530. The van der Waals surface area contributed by atoms with E-state index in [0.717, 1.165) is 18.8 Å². The van der Waals surface area contributed by atoms with Crippen LogP contribution >= 0.6 is 0 Å². The molecule has 0 bridgehead atoms. The summed E-state index contributed by atoms with van der Waals surface area (Å²) in [5.41, 5.74) is 0.501. The van der Waals surface area contributed by atoms with E-state index in [1.807, 2.05) is 0 Å². The van der Waals surface area contributed by atoms with Crippen molar-refractivity contribution in [2.75, 3.05) is 0 Å². The van der Waals surface area contributed by atoms with Crippen LogP contribution in [-0.2, 0) is 4.79 Å². The molecule has 2 aliphatic carbocycles. The summed E-state index contributed by atoms with van der Waals surface area (Å²) in [5.74, 6) is 0.267. The molecule has 0 unspecified atom stereocenters. The van der Waals surface area contributed by atoms with E-state index in [4.69, 9.17) is 5.11 Å². The Bertz CT molecular complexity index is 271. The van der Waals surface area contributed by atoms with Crippen LogP contribution in [0, 0.1) is 17.3 Å². The van der Waals surface area contributed by atoms with Gasteiger partial charge in [0.1, 0.15) is 0 Å². The summed E-state index contributed by atoms with van der Waals surface area (Å²) in [6.07, 6.45) is 13.8. The van der Waals surface area contributed by atoms with E-state index in [-0.39, 0.29) is 5.92 Å². The Labute approximate surface area is 111 Å². The molecule has 104 valence electrons. The molecule has 0 spiro atoms. The molecule has 1 N–H and O–H groups in total. The van der Waals surface area contributed by atoms with Crippen LogP contribution in [0.4, 0.5) is 0 Å². The van der Waals surface area contributed by atoms with Crippen molar-refractivity contribution in [2.24, 2.45) is 17.3 Å². The van der Waals surface area contributed by atoms with E-state index in [2.05, 4.69) is 6.92 Å². The van der Waals surface area contributed by atoms with Crippen molar-refractivity contribution < 1.29 is 9.90 Å². The first-order chi connectivity index (χ1) is 8.68. The second kappa shape index (κ2) is 6.08. The fourth-order valence-electron chi connectivity index (χ4n) is 4.51. The molecule has 0 atom stereocenters. The second-order valence-corrected chi connectivity index (χ2v) is 6.56. The van der Waals surface area contributed by atoms with Gasteiger partial charge in [-0.25, -0.2) is 0 Å². The lowest BCUT2D eigenvalue weighted by Gasteiger charge is -2.47. The van der Waals surface area contributed by atoms with Gasteiger partial charge in [0.2, 0.25) is 0 Å². The molecular weight excluding hydrogens is 224 g/mol. The standard InChI is InChI=1S/C16H28O2/c1-2-10-16(14-6-4-3-5-7-14)11-8-13(9-12-16)15(17)18/h13-14H,2-12H2,1H3,(H,17,18). The van der Waals surface area contributed by atoms with Crippen molar-refractivity contribution >= 4 is 5.97 Å². The maximum absolute atomic E-state index is 11.1. The molecule has 2 aliphatic rings. The smallest absolute Gasteiger partial charge is 0.306 e. The maximum Gasteiger partial charge on any atom is 0.306 e. The Morgan fingerprint density at radius 2 is 1.72 bits per heavy atom. The third kappa shape index (κ3) is 2.89. The molecule has 2 fully saturated rings. The number of hydrogen-bond acceptors (Lipinski definition) is 1. The first kappa shape index (κ1) is 13.9. The van der Waals surface area contributed by atoms with E-state index < -0.39 is 5.97 Å². The molecule has 0 heterocycles. The van der Waals surface area contributed by atoms with Crippen LogP contribution in [0.3, 0.4) is 0 Å². The lowest BCUT2D eigenvalue weighted by Crippen LogP contribution is -2.37. The number of carboxylic acid groups (broad SMARTS) is 1. The highest BCUT2D eigenvalue weighted by Gasteiger charge is 2.42. The molecule has 18 heavy (non-hydrogen) atoms. The fraction of sp³-hybridized carbons (Fsp3) is 0.938. The fourth-order valence-corrected chi connectivity index (χ4v) is 4.51. The number of aliphatic carboxylic acids is 1. The van der Waals surface area contributed by atoms with Crippen LogP contribution in [0.5, 0.6) is 0 Å². The van der Waals surface area contributed by atoms with Gasteiger partial charge < -0.3 is 5.11 Å². The largest absolute Gasteiger partial charge is 0.481 e. The Morgan fingerprint density at radius 1 is 1.11 bits per heavy atom. The summed E-state index contributed by atoms with van der Waals surface area (Å²) in [7, 11) is 0. The zero-order chi connectivity index (χ0) is 13.0. The highest BCUT2D eigenvalue weighted by molar-refractivity contribution is 5.70. The predicted octanol–water partition coefficient (Wildman–Crippen LogP) is 4.63. The number of hydrogen-bond donors (Lipinski definition) is 1. The third-order valence-corrected chi connectivity index (χ3v) is 5.55. The van der Waals surface area contributed by atoms with Gasteiger partial charge in [0.05, 0.1) is 5.92 Å². The van der Waals surface area contributed by atoms with Gasteiger partial charge in [0, 0.05) is 0 Å². The zero-order valence-corrected chi connectivity index (χ0v) is 11.8. The monoisotopic (exact) mass is 252 g/mol. The zero-order valence-electron chi connectivity index (χ0n) is 11.8. The van der Waals surface area contributed by atoms with Crippen LogP contribution in [0.1, 0.15) is 77.6 Å². The molecule has 2 rings (SSSR count). The predicted molar refractivity (Wildman–Crippen MR) is 73.5 cm³/mol. The highest BCUT2D eigenvalue weighted by Crippen LogP contribution is 2.52. The van der Waals surface area contributed by atoms with Gasteiger partial charge in [-0.1, -0.05) is 32.6 Å². The Balaban J connectivity index is 2.01. The Morgan fingerprint density at radius 3 is 2.22 bits per heavy atom. The van der Waals surface area contributed by atoms with Crippen LogP contribution < -0.4 is 0 Å². The minimum atomic E-state index is -0.566. The van der Waals surface area contributed by atoms with E-state index >= 15 is 0 Å². The summed E-state index contributed by atoms with van der Waals surface area (Å²) in [5, 5.41) is 9.15. The van der Waals surface area contributed by atoms with Crippen molar-refractivity contribution in [2.45, 2.75) is 77.6 Å². The maximum atomic E-state index is 11.1. The van der Waals surface area contributed by atoms with E-state index in [1.165, 1.54) is 57.8 Å². The topological polar surface area (TPSA) is 37.3 Å². The van der Waals surface area contributed by atoms with E-state index in [9.17, 15) is 4.79 Å². The van der Waals surface area contributed by atoms with Crippen molar-refractivity contribution in [1.29, 1.82) is 0 Å². The molecular formula is C16H28O2. The van der Waals surface area contributed by atoms with Gasteiger partial charge in [0.25, 0.3) is 0 Å². The highest BCUT2D eigenvalue weighted by atomic mass is 16.4. The van der Waals surface area contributed by atoms with Gasteiger partial charge in [0.15, 0.2) is 0 Å². The molecule has 0 aromatic heterocycles. The molecule has 0 radical (unpaired) electrons. The average molecular weight is 252 g/mol. The van der Waals surface area contributed by atoms with Gasteiger partial charge >= 0.3 is 5.97 Å². The van der Waals surface area contributed by atoms with Crippen molar-refractivity contribution in [3.63, 3.8) is 0 Å². The molecule has 0 aromatic rings. The number of rotatable bonds is 4. The minimum absolute atomic E-state index is 0.0569. The van der Waals surface area contributed by atoms with Gasteiger partial charge in [-0.3, -0.25) is 4.79 Å². The Kier molecular flexibility index (Phi) is 4.69. The van der Waals surface area contributed by atoms with Crippen LogP contribution in [0.25, 0.3) is 0 Å². The van der Waals surface area contributed by atoms with Crippen molar-refractivity contribution in [1.82, 2.24) is 0 Å². The summed E-state index contributed by atoms with van der Waals surface area (Å²) in [6, 6.07) is 0. The van der Waals surface area contributed by atoms with Gasteiger partial charge in [-0.15, -0.1) is 0 Å². The minimum Gasteiger partial charge on any atom is -0.481 e. The molecule has 2 saturated carbocycles. The second-order valence-electron chi connectivity index (χ2n) is 6.56. The quantitative estimate of drug-likeness (QED) is 0.792. The lowest BCUT2D eigenvalue weighted by atomic mass is 9.58. The number of carbonyl (C=O) groups is 1. The molecule has 0 saturated heterocycles. The lowest BCUT2D eigenvalue weighted by molar-refractivity contribution is -0.144.